The Bertz CT molecular complexity index is 5650. The minimum Gasteiger partial charge on any atom is -0.307 e. The largest absolute Gasteiger partial charge is 0.307 e. The Morgan fingerprint density at radius 2 is 0.402 bits per heavy atom. The van der Waals surface area contributed by atoms with E-state index in [9.17, 15) is 0 Å². The maximum absolute atomic E-state index is 17.2. The second kappa shape index (κ2) is 29.0. The lowest BCUT2D eigenvalue weighted by Gasteiger charge is -2.29. The van der Waals surface area contributed by atoms with Crippen molar-refractivity contribution in [3.63, 3.8) is 0 Å². The van der Waals surface area contributed by atoms with Crippen LogP contribution < -0.4 is 9.80 Å². The molecule has 0 atom stereocenters. The van der Waals surface area contributed by atoms with E-state index >= 15 is 8.78 Å². The molecule has 0 aliphatic carbocycles. The Kier molecular flexibility index (Phi) is 18.1. The zero-order chi connectivity index (χ0) is 68.6. The van der Waals surface area contributed by atoms with Crippen molar-refractivity contribution in [3.8, 4) is 100 Å². The quantitative estimate of drug-likeness (QED) is 0.0944. The van der Waals surface area contributed by atoms with Gasteiger partial charge < -0.3 is 9.80 Å². The van der Waals surface area contributed by atoms with Crippen LogP contribution in [0.25, 0.3) is 122 Å². The minimum atomic E-state index is -0.301. The van der Waals surface area contributed by atoms with Crippen LogP contribution in [0.4, 0.5) is 42.9 Å². The van der Waals surface area contributed by atoms with Crippen molar-refractivity contribution in [1.82, 2.24) is 0 Å². The highest BCUT2D eigenvalue weighted by Gasteiger charge is 2.26. The molecule has 17 rings (SSSR count). The average Bonchev–Trinajstić information content (AvgIpc) is 0.729. The van der Waals surface area contributed by atoms with E-state index in [0.29, 0.717) is 11.4 Å². The molecule has 0 aliphatic rings. The Morgan fingerprint density at radius 1 is 0.157 bits per heavy atom. The molecule has 0 amide bonds. The van der Waals surface area contributed by atoms with Gasteiger partial charge in [0.1, 0.15) is 11.6 Å². The van der Waals surface area contributed by atoms with Gasteiger partial charge >= 0.3 is 0 Å². The summed E-state index contributed by atoms with van der Waals surface area (Å²) in [5, 5.41) is 4.67. The third-order valence-corrected chi connectivity index (χ3v) is 19.0. The molecule has 17 aromatic carbocycles. The number of nitrogens with zero attached hydrogens (tertiary/aromatic N) is 2. The molecule has 0 spiro atoms. The van der Waals surface area contributed by atoms with Gasteiger partial charge in [-0.3, -0.25) is 0 Å². The molecule has 0 aliphatic heterocycles. The van der Waals surface area contributed by atoms with E-state index in [1.54, 1.807) is 12.1 Å². The van der Waals surface area contributed by atoms with Gasteiger partial charge in [-0.05, 0) is 202 Å². The number of benzene rings is 17. The van der Waals surface area contributed by atoms with Gasteiger partial charge in [0.05, 0.1) is 11.4 Å². The van der Waals surface area contributed by atoms with Crippen LogP contribution in [-0.2, 0) is 0 Å². The lowest BCUT2D eigenvalue weighted by atomic mass is 9.93. The molecule has 0 fully saturated rings. The molecule has 0 saturated carbocycles. The summed E-state index contributed by atoms with van der Waals surface area (Å²) in [5.74, 6) is -0.588. The first-order chi connectivity index (χ1) is 50.4. The Labute approximate surface area is 594 Å². The molecule has 0 bridgehead atoms. The molecule has 0 unspecified atom stereocenters. The predicted octanol–water partition coefficient (Wildman–Crippen LogP) is 27.9. The highest BCUT2D eigenvalue weighted by molar-refractivity contribution is 6.09. The van der Waals surface area contributed by atoms with Crippen molar-refractivity contribution >= 4 is 55.7 Å². The van der Waals surface area contributed by atoms with Gasteiger partial charge in [0.2, 0.25) is 0 Å². The Balaban J connectivity index is 0.000000161. The normalized spacial score (nSPS) is 11.0. The molecule has 2 nitrogen and oxygen atoms in total. The number of halogens is 2. The van der Waals surface area contributed by atoms with Crippen LogP contribution in [0.5, 0.6) is 0 Å². The van der Waals surface area contributed by atoms with Crippen molar-refractivity contribution in [2.75, 3.05) is 9.80 Å². The van der Waals surface area contributed by atoms with Gasteiger partial charge in [-0.1, -0.05) is 322 Å². The van der Waals surface area contributed by atoms with Gasteiger partial charge in [0, 0.05) is 33.9 Å². The molecule has 17 aromatic rings. The third-order valence-electron chi connectivity index (χ3n) is 19.0. The van der Waals surface area contributed by atoms with Crippen LogP contribution >= 0.6 is 0 Å². The standard InChI is InChI=1S/C54H38FN.C44H30FN/c55-53-38-49(42-22-12-4-13-23-42)37-52(45-24-14-5-15-25-45)54(53)56(50-30-26-43(27-31-50)39-16-6-1-7-17-39)51-32-28-44(29-33-51)48-35-46(40-18-8-2-9-19-40)34-47(36-48)41-20-10-3-11-21-41;45-43-30-37(32-14-6-2-7-15-32)29-42(34-16-8-3-9-17-34)44(43)46(38-24-22-33(23-25-38)31-12-4-1-5-13-31)39-26-27-41-36(28-39)21-20-35-18-10-11-19-40(35)41/h1-38H;1-30H. The van der Waals surface area contributed by atoms with Gasteiger partial charge in [-0.15, -0.1) is 0 Å². The summed E-state index contributed by atoms with van der Waals surface area (Å²) in [5.41, 5.74) is 22.9. The molecule has 484 valence electrons. The maximum atomic E-state index is 17.2. The zero-order valence-corrected chi connectivity index (χ0v) is 55.9. The first-order valence-electron chi connectivity index (χ1n) is 34.5. The van der Waals surface area contributed by atoms with Crippen molar-refractivity contribution in [1.29, 1.82) is 0 Å². The average molecular weight is 1310 g/mol. The van der Waals surface area contributed by atoms with Crippen molar-refractivity contribution in [2.24, 2.45) is 0 Å². The molecule has 0 aromatic heterocycles. The molecule has 0 saturated heterocycles. The van der Waals surface area contributed by atoms with Crippen molar-refractivity contribution in [3.05, 3.63) is 424 Å². The van der Waals surface area contributed by atoms with Crippen LogP contribution in [-0.4, -0.2) is 0 Å². The fourth-order valence-electron chi connectivity index (χ4n) is 13.9. The SMILES string of the molecule is Fc1cc(-c2ccccc2)cc(-c2ccccc2)c1N(c1ccc(-c2ccccc2)cc1)c1ccc(-c2cc(-c3ccccc3)cc(-c3ccccc3)c2)cc1.Fc1cc(-c2ccccc2)cc(-c2ccccc2)c1N(c1ccc(-c2ccccc2)cc1)c1ccc2c(ccc3ccccc32)c1. The van der Waals surface area contributed by atoms with Gasteiger partial charge in [-0.25, -0.2) is 8.78 Å². The zero-order valence-electron chi connectivity index (χ0n) is 55.9. The van der Waals surface area contributed by atoms with Crippen LogP contribution in [0.1, 0.15) is 0 Å². The fourth-order valence-corrected chi connectivity index (χ4v) is 13.9. The first-order valence-corrected chi connectivity index (χ1v) is 34.5. The fraction of sp³-hybridized carbons (Fsp3) is 0. The maximum Gasteiger partial charge on any atom is 0.148 e. The summed E-state index contributed by atoms with van der Waals surface area (Å²) >= 11 is 0. The van der Waals surface area contributed by atoms with Gasteiger partial charge in [-0.2, -0.15) is 0 Å². The highest BCUT2D eigenvalue weighted by atomic mass is 19.1. The van der Waals surface area contributed by atoms with E-state index in [-0.39, 0.29) is 11.6 Å². The monoisotopic (exact) mass is 1310 g/mol. The first kappa shape index (κ1) is 63.5. The van der Waals surface area contributed by atoms with Gasteiger partial charge in [0.25, 0.3) is 0 Å². The minimum absolute atomic E-state index is 0.286. The summed E-state index contributed by atoms with van der Waals surface area (Å²) in [6.07, 6.45) is 0. The molecular weight excluding hydrogens is 1240 g/mol. The Morgan fingerprint density at radius 3 is 0.755 bits per heavy atom. The third kappa shape index (κ3) is 13.4. The second-order valence-corrected chi connectivity index (χ2v) is 25.4. The Hall–Kier alpha value is -13.3. The summed E-state index contributed by atoms with van der Waals surface area (Å²) in [6, 6.07) is 141. The van der Waals surface area contributed by atoms with Gasteiger partial charge in [0.15, 0.2) is 0 Å². The van der Waals surface area contributed by atoms with E-state index in [4.69, 9.17) is 0 Å². The van der Waals surface area contributed by atoms with Crippen molar-refractivity contribution < 1.29 is 8.78 Å². The summed E-state index contributed by atoms with van der Waals surface area (Å²) < 4.78 is 34.1. The molecule has 102 heavy (non-hydrogen) atoms. The molecule has 4 heteroatoms. The van der Waals surface area contributed by atoms with Crippen LogP contribution in [0, 0.1) is 11.6 Å². The molecule has 0 N–H and O–H groups in total. The predicted molar refractivity (Wildman–Crippen MR) is 426 cm³/mol. The second-order valence-electron chi connectivity index (χ2n) is 25.4. The number of anilines is 6. The lowest BCUT2D eigenvalue weighted by molar-refractivity contribution is 0.629. The van der Waals surface area contributed by atoms with E-state index in [0.717, 1.165) is 128 Å². The highest BCUT2D eigenvalue weighted by Crippen LogP contribution is 2.48. The topological polar surface area (TPSA) is 6.48 Å². The van der Waals surface area contributed by atoms with E-state index in [1.807, 2.05) is 146 Å². The smallest absolute Gasteiger partial charge is 0.148 e. The van der Waals surface area contributed by atoms with E-state index in [2.05, 4.69) is 265 Å². The van der Waals surface area contributed by atoms with E-state index in [1.165, 1.54) is 16.2 Å². The lowest BCUT2D eigenvalue weighted by Crippen LogP contribution is -2.13. The summed E-state index contributed by atoms with van der Waals surface area (Å²) in [6.45, 7) is 0. The van der Waals surface area contributed by atoms with Crippen molar-refractivity contribution in [2.45, 2.75) is 0 Å². The number of fused-ring (bicyclic) bond motifs is 3. The number of rotatable bonds is 15. The molecule has 0 heterocycles. The summed E-state index contributed by atoms with van der Waals surface area (Å²) in [7, 11) is 0. The van der Waals surface area contributed by atoms with Crippen LogP contribution in [0.2, 0.25) is 0 Å². The number of hydrogen-bond donors (Lipinski definition) is 0. The summed E-state index contributed by atoms with van der Waals surface area (Å²) in [4.78, 5) is 4.12. The van der Waals surface area contributed by atoms with E-state index < -0.39 is 0 Å². The molecule has 0 radical (unpaired) electrons. The molecular formula is C98H68F2N2. The number of hydrogen-bond acceptors (Lipinski definition) is 2. The van der Waals surface area contributed by atoms with Crippen LogP contribution in [0.3, 0.4) is 0 Å². The van der Waals surface area contributed by atoms with Crippen LogP contribution in [0.15, 0.2) is 413 Å².